The van der Waals surface area contributed by atoms with E-state index in [-0.39, 0.29) is 0 Å². The van der Waals surface area contributed by atoms with Gasteiger partial charge in [-0.15, -0.1) is 0 Å². The fraction of sp³-hybridized carbons (Fsp3) is 0.0769. The zero-order valence-corrected chi connectivity index (χ0v) is 16.5. The average Bonchev–Trinajstić information content (AvgIpc) is 3.32. The normalized spacial score (nSPS) is 10.9. The van der Waals surface area contributed by atoms with E-state index in [1.54, 1.807) is 12.5 Å². The summed E-state index contributed by atoms with van der Waals surface area (Å²) in [5.41, 5.74) is 4.84. The van der Waals surface area contributed by atoms with Crippen LogP contribution in [0.25, 0.3) is 0 Å². The number of hydrogen-bond donors (Lipinski definition) is 0. The van der Waals surface area contributed by atoms with Crippen molar-refractivity contribution in [2.24, 2.45) is 5.16 Å². The average molecular weight is 391 g/mol. The highest BCUT2D eigenvalue weighted by Crippen LogP contribution is 2.09. The van der Waals surface area contributed by atoms with E-state index in [0.29, 0.717) is 13.2 Å². The number of rotatable bonds is 6. The molecule has 1 heterocycles. The van der Waals surface area contributed by atoms with E-state index in [1.807, 2.05) is 95.7 Å². The number of nitrogens with zero attached hydrogens (tertiary/aromatic N) is 3. The van der Waals surface area contributed by atoms with Crippen molar-refractivity contribution in [3.63, 3.8) is 0 Å². The summed E-state index contributed by atoms with van der Waals surface area (Å²) < 4.78 is 1.97. The van der Waals surface area contributed by atoms with Crippen LogP contribution in [0.15, 0.2) is 109 Å². The van der Waals surface area contributed by atoms with Gasteiger partial charge in [-0.05, 0) is 29.8 Å². The van der Waals surface area contributed by atoms with E-state index in [2.05, 4.69) is 22.0 Å². The van der Waals surface area contributed by atoms with Crippen molar-refractivity contribution in [1.29, 1.82) is 0 Å². The first-order valence-electron chi connectivity index (χ1n) is 9.73. The van der Waals surface area contributed by atoms with Gasteiger partial charge in [0.25, 0.3) is 0 Å². The van der Waals surface area contributed by atoms with Gasteiger partial charge in [-0.1, -0.05) is 77.7 Å². The molecule has 0 aliphatic rings. The lowest BCUT2D eigenvalue weighted by Crippen LogP contribution is -2.11. The Morgan fingerprint density at radius 3 is 2.17 bits per heavy atom. The molecule has 3 aromatic carbocycles. The lowest BCUT2D eigenvalue weighted by molar-refractivity contribution is 0.130. The quantitative estimate of drug-likeness (QED) is 0.266. The van der Waals surface area contributed by atoms with Crippen LogP contribution in [0.1, 0.15) is 22.3 Å². The van der Waals surface area contributed by atoms with Gasteiger partial charge < -0.3 is 9.40 Å². The van der Waals surface area contributed by atoms with Crippen molar-refractivity contribution in [1.82, 2.24) is 9.55 Å². The maximum Gasteiger partial charge on any atom is 0.142 e. The Hall–Kier alpha value is -4.10. The molecule has 0 amide bonds. The first kappa shape index (κ1) is 19.2. The zero-order chi connectivity index (χ0) is 20.4. The highest BCUT2D eigenvalue weighted by molar-refractivity contribution is 6.00. The van der Waals surface area contributed by atoms with Crippen LogP contribution in [-0.4, -0.2) is 15.3 Å². The molecule has 4 heteroatoms. The van der Waals surface area contributed by atoms with Crippen LogP contribution >= 0.6 is 0 Å². The van der Waals surface area contributed by atoms with Crippen LogP contribution < -0.4 is 0 Å². The van der Waals surface area contributed by atoms with Gasteiger partial charge in [0, 0.05) is 29.1 Å². The van der Waals surface area contributed by atoms with Gasteiger partial charge in [-0.25, -0.2) is 4.98 Å². The number of aromatic nitrogens is 2. The second kappa shape index (κ2) is 9.90. The number of benzene rings is 3. The van der Waals surface area contributed by atoms with E-state index < -0.39 is 0 Å². The van der Waals surface area contributed by atoms with Crippen molar-refractivity contribution in [2.75, 3.05) is 0 Å². The minimum Gasteiger partial charge on any atom is -0.391 e. The van der Waals surface area contributed by atoms with Gasteiger partial charge in [0.15, 0.2) is 0 Å². The first-order valence-corrected chi connectivity index (χ1v) is 9.73. The number of oxime groups is 1. The Balaban J connectivity index is 1.51. The van der Waals surface area contributed by atoms with E-state index in [0.717, 1.165) is 28.0 Å². The Morgan fingerprint density at radius 2 is 1.50 bits per heavy atom. The van der Waals surface area contributed by atoms with Gasteiger partial charge >= 0.3 is 0 Å². The topological polar surface area (TPSA) is 39.4 Å². The smallest absolute Gasteiger partial charge is 0.142 e. The van der Waals surface area contributed by atoms with Gasteiger partial charge in [0.2, 0.25) is 0 Å². The molecule has 4 rings (SSSR count). The van der Waals surface area contributed by atoms with E-state index in [1.165, 1.54) is 0 Å². The van der Waals surface area contributed by atoms with Crippen LogP contribution in [0, 0.1) is 11.8 Å². The van der Waals surface area contributed by atoms with Crippen LogP contribution in [0.5, 0.6) is 0 Å². The predicted octanol–water partition coefficient (Wildman–Crippen LogP) is 4.90. The lowest BCUT2D eigenvalue weighted by atomic mass is 10.1. The van der Waals surface area contributed by atoms with Crippen LogP contribution in [0.3, 0.4) is 0 Å². The Bertz CT molecular complexity index is 1140. The molecule has 0 aliphatic heterocycles. The fourth-order valence-corrected chi connectivity index (χ4v) is 2.90. The molecule has 0 unspecified atom stereocenters. The number of imidazole rings is 1. The Morgan fingerprint density at radius 1 is 0.833 bits per heavy atom. The summed E-state index contributed by atoms with van der Waals surface area (Å²) in [6.07, 6.45) is 5.43. The van der Waals surface area contributed by atoms with E-state index in [4.69, 9.17) is 4.84 Å². The Kier molecular flexibility index (Phi) is 6.35. The van der Waals surface area contributed by atoms with Crippen molar-refractivity contribution >= 4 is 5.71 Å². The summed E-state index contributed by atoms with van der Waals surface area (Å²) >= 11 is 0. The first-order chi connectivity index (χ1) is 14.9. The summed E-state index contributed by atoms with van der Waals surface area (Å²) in [5.74, 6) is 6.38. The molecule has 0 radical (unpaired) electrons. The van der Waals surface area contributed by atoms with Gasteiger partial charge in [-0.3, -0.25) is 0 Å². The molecule has 0 spiro atoms. The molecular formula is C26H21N3O. The van der Waals surface area contributed by atoms with Gasteiger partial charge in [0.05, 0.1) is 12.9 Å². The van der Waals surface area contributed by atoms with E-state index >= 15 is 0 Å². The SMILES string of the molecule is C(#Cc1ccc(/C(Cn2ccnc2)=N/OCc2ccccc2)cc1)c1ccccc1. The molecule has 30 heavy (non-hydrogen) atoms. The molecule has 0 saturated heterocycles. The Labute approximate surface area is 176 Å². The van der Waals surface area contributed by atoms with Crippen molar-refractivity contribution in [2.45, 2.75) is 13.2 Å². The molecule has 0 aliphatic carbocycles. The molecule has 0 fully saturated rings. The second-order valence-corrected chi connectivity index (χ2v) is 6.73. The third kappa shape index (κ3) is 5.46. The summed E-state index contributed by atoms with van der Waals surface area (Å²) in [6.45, 7) is 0.999. The highest BCUT2D eigenvalue weighted by Gasteiger charge is 2.06. The number of hydrogen-bond acceptors (Lipinski definition) is 3. The summed E-state index contributed by atoms with van der Waals surface area (Å²) in [5, 5.41) is 4.42. The molecule has 4 nitrogen and oxygen atoms in total. The molecule has 4 aromatic rings. The molecule has 0 atom stereocenters. The van der Waals surface area contributed by atoms with Crippen LogP contribution in [0.4, 0.5) is 0 Å². The molecule has 1 aromatic heterocycles. The minimum absolute atomic E-state index is 0.425. The van der Waals surface area contributed by atoms with Crippen molar-refractivity contribution < 1.29 is 4.84 Å². The van der Waals surface area contributed by atoms with Crippen LogP contribution in [0.2, 0.25) is 0 Å². The van der Waals surface area contributed by atoms with Gasteiger partial charge in [0.1, 0.15) is 12.3 Å². The fourth-order valence-electron chi connectivity index (χ4n) is 2.90. The summed E-state index contributed by atoms with van der Waals surface area (Å²) in [4.78, 5) is 9.76. The highest BCUT2D eigenvalue weighted by atomic mass is 16.6. The third-order valence-corrected chi connectivity index (χ3v) is 4.48. The second-order valence-electron chi connectivity index (χ2n) is 6.73. The molecule has 0 saturated carbocycles. The van der Waals surface area contributed by atoms with E-state index in [9.17, 15) is 0 Å². The zero-order valence-electron chi connectivity index (χ0n) is 16.5. The largest absolute Gasteiger partial charge is 0.391 e. The van der Waals surface area contributed by atoms with Gasteiger partial charge in [-0.2, -0.15) is 0 Å². The molecule has 0 N–H and O–H groups in total. The third-order valence-electron chi connectivity index (χ3n) is 4.48. The molecular weight excluding hydrogens is 370 g/mol. The molecule has 146 valence electrons. The molecule has 0 bridgehead atoms. The summed E-state index contributed by atoms with van der Waals surface area (Å²) in [6, 6.07) is 28.0. The van der Waals surface area contributed by atoms with Crippen molar-refractivity contribution in [3.8, 4) is 11.8 Å². The maximum absolute atomic E-state index is 5.65. The summed E-state index contributed by atoms with van der Waals surface area (Å²) in [7, 11) is 0. The standard InChI is InChI=1S/C26H21N3O/c1-3-7-22(8-4-1)11-12-23-13-15-25(16-14-23)26(19-29-18-17-27-21-29)28-30-20-24-9-5-2-6-10-24/h1-10,13-18,21H,19-20H2/b28-26+. The maximum atomic E-state index is 5.65. The predicted molar refractivity (Wildman–Crippen MR) is 119 cm³/mol. The minimum atomic E-state index is 0.425. The monoisotopic (exact) mass is 391 g/mol. The van der Waals surface area contributed by atoms with Crippen LogP contribution in [-0.2, 0) is 18.0 Å². The lowest BCUT2D eigenvalue weighted by Gasteiger charge is -2.08. The van der Waals surface area contributed by atoms with Crippen molar-refractivity contribution in [3.05, 3.63) is 126 Å².